The van der Waals surface area contributed by atoms with Gasteiger partial charge in [0.15, 0.2) is 5.65 Å². The van der Waals surface area contributed by atoms with Gasteiger partial charge in [-0.2, -0.15) is 5.10 Å². The Morgan fingerprint density at radius 3 is 2.62 bits per heavy atom. The summed E-state index contributed by atoms with van der Waals surface area (Å²) in [6.45, 7) is 2.68. The molecule has 8 heteroatoms. The first-order valence-electron chi connectivity index (χ1n) is 7.02. The van der Waals surface area contributed by atoms with Crippen molar-refractivity contribution in [2.24, 2.45) is 7.05 Å². The Morgan fingerprint density at radius 2 is 2.05 bits per heavy atom. The molecule has 2 rings (SSSR count). The molecule has 2 heterocycles. The van der Waals surface area contributed by atoms with Crippen LogP contribution < -0.4 is 0 Å². The summed E-state index contributed by atoms with van der Waals surface area (Å²) in [6, 6.07) is 0. The zero-order valence-corrected chi connectivity index (χ0v) is 14.2. The van der Waals surface area contributed by atoms with Crippen LogP contribution in [0.3, 0.4) is 0 Å². The normalized spacial score (nSPS) is 12.4. The number of fused-ring (bicyclic) bond motifs is 1. The summed E-state index contributed by atoms with van der Waals surface area (Å²) < 4.78 is 26.3. The molecular weight excluding hydrogens is 312 g/mol. The maximum Gasteiger partial charge on any atom is 0.158 e. The highest BCUT2D eigenvalue weighted by Crippen LogP contribution is 2.22. The highest BCUT2D eigenvalue weighted by molar-refractivity contribution is 7.90. The van der Waals surface area contributed by atoms with Gasteiger partial charge in [-0.05, 0) is 12.8 Å². The number of sulfone groups is 1. The van der Waals surface area contributed by atoms with Crippen molar-refractivity contribution in [1.82, 2.24) is 19.3 Å². The third kappa shape index (κ3) is 3.58. The minimum absolute atomic E-state index is 0.161. The summed E-state index contributed by atoms with van der Waals surface area (Å²) >= 11 is 5.98. The number of aryl methyl sites for hydroxylation is 3. The Labute approximate surface area is 130 Å². The highest BCUT2D eigenvalue weighted by atomic mass is 35.5. The van der Waals surface area contributed by atoms with Gasteiger partial charge < -0.3 is 4.57 Å². The maximum absolute atomic E-state index is 11.3. The van der Waals surface area contributed by atoms with Crippen molar-refractivity contribution in [3.63, 3.8) is 0 Å². The Balaban J connectivity index is 2.36. The second-order valence-corrected chi connectivity index (χ2v) is 7.82. The second kappa shape index (κ2) is 6.36. The fraction of sp³-hybridized carbons (Fsp3) is 0.692. The van der Waals surface area contributed by atoms with E-state index in [-0.39, 0.29) is 5.75 Å². The average molecular weight is 333 g/mol. The van der Waals surface area contributed by atoms with Crippen molar-refractivity contribution >= 4 is 32.6 Å². The molecule has 0 amide bonds. The summed E-state index contributed by atoms with van der Waals surface area (Å²) in [7, 11) is -1.07. The van der Waals surface area contributed by atoms with Crippen LogP contribution in [0, 0.1) is 0 Å². The number of imidazole rings is 1. The fourth-order valence-electron chi connectivity index (χ4n) is 2.51. The van der Waals surface area contributed by atoms with Crippen LogP contribution in [-0.4, -0.2) is 39.8 Å². The molecule has 118 valence electrons. The fourth-order valence-corrected chi connectivity index (χ4v) is 3.37. The van der Waals surface area contributed by atoms with Gasteiger partial charge in [-0.3, -0.25) is 4.68 Å². The lowest BCUT2D eigenvalue weighted by molar-refractivity contribution is 0.588. The van der Waals surface area contributed by atoms with Gasteiger partial charge in [0.25, 0.3) is 0 Å². The molecule has 0 saturated carbocycles. The number of halogens is 1. The van der Waals surface area contributed by atoms with E-state index in [2.05, 4.69) is 17.0 Å². The lowest BCUT2D eigenvalue weighted by Gasteiger charge is -2.07. The molecule has 0 aromatic carbocycles. The lowest BCUT2D eigenvalue weighted by atomic mass is 10.2. The number of hydrogen-bond donors (Lipinski definition) is 0. The zero-order chi connectivity index (χ0) is 15.6. The molecule has 0 bridgehead atoms. The predicted octanol–water partition coefficient (Wildman–Crippen LogP) is 1.90. The van der Waals surface area contributed by atoms with Crippen LogP contribution in [0.1, 0.15) is 31.3 Å². The Bertz CT molecular complexity index is 733. The van der Waals surface area contributed by atoms with Crippen LogP contribution in [0.25, 0.3) is 11.2 Å². The van der Waals surface area contributed by atoms with Gasteiger partial charge in [0.1, 0.15) is 21.2 Å². The van der Waals surface area contributed by atoms with Gasteiger partial charge in [0.2, 0.25) is 0 Å². The lowest BCUT2D eigenvalue weighted by Crippen LogP contribution is -2.11. The Morgan fingerprint density at radius 1 is 1.33 bits per heavy atom. The summed E-state index contributed by atoms with van der Waals surface area (Å²) in [4.78, 5) is 4.58. The molecular formula is C13H21ClN4O2S. The predicted molar refractivity (Wildman–Crippen MR) is 84.4 cm³/mol. The van der Waals surface area contributed by atoms with Gasteiger partial charge in [0, 0.05) is 19.8 Å². The largest absolute Gasteiger partial charge is 0.312 e. The van der Waals surface area contributed by atoms with Gasteiger partial charge in [-0.15, -0.1) is 11.6 Å². The number of alkyl halides is 1. The van der Waals surface area contributed by atoms with Crippen molar-refractivity contribution in [1.29, 1.82) is 0 Å². The van der Waals surface area contributed by atoms with E-state index in [1.807, 2.05) is 16.3 Å². The van der Waals surface area contributed by atoms with Gasteiger partial charge in [0.05, 0.1) is 17.3 Å². The van der Waals surface area contributed by atoms with Gasteiger partial charge in [-0.25, -0.2) is 13.4 Å². The molecule has 0 radical (unpaired) electrons. The van der Waals surface area contributed by atoms with E-state index in [0.717, 1.165) is 35.5 Å². The molecule has 0 saturated heterocycles. The standard InChI is InChI=1S/C13H21ClN4O2S/c1-4-6-10-12-13(17(2)16-10)18(11(9-14)15-12)7-5-8-21(3,19)20/h4-9H2,1-3H3. The SMILES string of the molecule is CCCc1nn(C)c2c1nc(CCl)n2CCCS(C)(=O)=O. The first kappa shape index (κ1) is 16.3. The Hall–Kier alpha value is -1.08. The molecule has 0 atom stereocenters. The van der Waals surface area contributed by atoms with E-state index < -0.39 is 9.84 Å². The van der Waals surface area contributed by atoms with E-state index >= 15 is 0 Å². The van der Waals surface area contributed by atoms with Crippen molar-refractivity contribution in [2.45, 2.75) is 38.6 Å². The van der Waals surface area contributed by atoms with Crippen LogP contribution in [0.2, 0.25) is 0 Å². The molecule has 2 aromatic heterocycles. The number of aromatic nitrogens is 4. The molecule has 0 N–H and O–H groups in total. The molecule has 0 aliphatic rings. The van der Waals surface area contributed by atoms with Crippen LogP contribution in [0.4, 0.5) is 0 Å². The Kier molecular flexibility index (Phi) is 4.93. The first-order valence-corrected chi connectivity index (χ1v) is 9.61. The van der Waals surface area contributed by atoms with E-state index in [9.17, 15) is 8.42 Å². The molecule has 2 aromatic rings. The highest BCUT2D eigenvalue weighted by Gasteiger charge is 2.18. The second-order valence-electron chi connectivity index (χ2n) is 5.29. The van der Waals surface area contributed by atoms with Crippen LogP contribution >= 0.6 is 11.6 Å². The molecule has 0 fully saturated rings. The maximum atomic E-state index is 11.3. The van der Waals surface area contributed by atoms with Crippen molar-refractivity contribution in [3.8, 4) is 0 Å². The molecule has 21 heavy (non-hydrogen) atoms. The minimum atomic E-state index is -2.95. The topological polar surface area (TPSA) is 69.8 Å². The van der Waals surface area contributed by atoms with E-state index in [0.29, 0.717) is 18.8 Å². The first-order chi connectivity index (χ1) is 9.87. The third-order valence-electron chi connectivity index (χ3n) is 3.37. The number of hydrogen-bond acceptors (Lipinski definition) is 4. The summed E-state index contributed by atoms with van der Waals surface area (Å²) in [5.41, 5.74) is 2.78. The smallest absolute Gasteiger partial charge is 0.158 e. The summed E-state index contributed by atoms with van der Waals surface area (Å²) in [5.74, 6) is 1.23. The van der Waals surface area contributed by atoms with Crippen LogP contribution in [0.5, 0.6) is 0 Å². The van der Waals surface area contributed by atoms with Crippen LogP contribution in [-0.2, 0) is 35.7 Å². The van der Waals surface area contributed by atoms with E-state index in [4.69, 9.17) is 11.6 Å². The van der Waals surface area contributed by atoms with Crippen molar-refractivity contribution in [2.75, 3.05) is 12.0 Å². The van der Waals surface area contributed by atoms with Gasteiger partial charge in [-0.1, -0.05) is 13.3 Å². The zero-order valence-electron chi connectivity index (χ0n) is 12.6. The number of rotatable bonds is 7. The van der Waals surface area contributed by atoms with Crippen molar-refractivity contribution < 1.29 is 8.42 Å². The molecule has 0 aliphatic carbocycles. The minimum Gasteiger partial charge on any atom is -0.312 e. The van der Waals surface area contributed by atoms with Crippen molar-refractivity contribution in [3.05, 3.63) is 11.5 Å². The quantitative estimate of drug-likeness (QED) is 0.726. The molecule has 0 spiro atoms. The molecule has 0 unspecified atom stereocenters. The monoisotopic (exact) mass is 332 g/mol. The van der Waals surface area contributed by atoms with E-state index in [1.54, 1.807) is 0 Å². The van der Waals surface area contributed by atoms with E-state index in [1.165, 1.54) is 6.26 Å². The van der Waals surface area contributed by atoms with Gasteiger partial charge >= 0.3 is 0 Å². The summed E-state index contributed by atoms with van der Waals surface area (Å²) in [5, 5.41) is 4.50. The number of nitrogens with zero attached hydrogens (tertiary/aromatic N) is 4. The summed E-state index contributed by atoms with van der Waals surface area (Å²) in [6.07, 6.45) is 3.67. The molecule has 6 nitrogen and oxygen atoms in total. The van der Waals surface area contributed by atoms with Crippen LogP contribution in [0.15, 0.2) is 0 Å². The molecule has 0 aliphatic heterocycles. The average Bonchev–Trinajstić information content (AvgIpc) is 2.88. The third-order valence-corrected chi connectivity index (χ3v) is 4.64.